The first-order valence-corrected chi connectivity index (χ1v) is 10.6. The van der Waals surface area contributed by atoms with Crippen LogP contribution in [-0.4, -0.2) is 28.3 Å². The van der Waals surface area contributed by atoms with Gasteiger partial charge in [-0.05, 0) is 54.0 Å². The van der Waals surface area contributed by atoms with Crippen LogP contribution in [0.25, 0.3) is 15.8 Å². The number of fused-ring (bicyclic) bond motifs is 1. The Bertz CT molecular complexity index is 1170. The molecule has 150 valence electrons. The predicted octanol–water partition coefficient (Wildman–Crippen LogP) is 5.37. The largest absolute Gasteiger partial charge is 0.438 e. The molecule has 5 rings (SSSR count). The molecule has 0 fully saturated rings. The fourth-order valence-corrected chi connectivity index (χ4v) is 4.45. The van der Waals surface area contributed by atoms with Gasteiger partial charge in [-0.15, -0.1) is 11.3 Å². The average Bonchev–Trinajstić information content (AvgIpc) is 3.24. The maximum absolute atomic E-state index is 10.8. The Morgan fingerprint density at radius 2 is 1.90 bits per heavy atom. The number of nitrogens with zero attached hydrogens (tertiary/aromatic N) is 2. The molecule has 0 saturated carbocycles. The van der Waals surface area contributed by atoms with Crippen molar-refractivity contribution >= 4 is 27.1 Å². The van der Waals surface area contributed by atoms with Crippen molar-refractivity contribution < 1.29 is 14.6 Å². The third-order valence-corrected chi connectivity index (χ3v) is 6.12. The highest BCUT2D eigenvalue weighted by molar-refractivity contribution is 7.18. The van der Waals surface area contributed by atoms with Crippen LogP contribution >= 0.6 is 11.3 Å². The summed E-state index contributed by atoms with van der Waals surface area (Å²) >= 11 is 1.51. The number of aromatic nitrogens is 2. The molecule has 1 aliphatic heterocycles. The number of pyridine rings is 1. The normalized spacial score (nSPS) is 15.0. The molecule has 6 heteroatoms. The van der Waals surface area contributed by atoms with Gasteiger partial charge >= 0.3 is 0 Å². The number of benzene rings is 2. The van der Waals surface area contributed by atoms with Crippen molar-refractivity contribution in [2.75, 3.05) is 13.2 Å². The van der Waals surface area contributed by atoms with Crippen LogP contribution in [0.4, 0.5) is 0 Å². The highest BCUT2D eigenvalue weighted by Crippen LogP contribution is 2.33. The molecule has 2 aromatic carbocycles. The van der Waals surface area contributed by atoms with Crippen LogP contribution in [0.3, 0.4) is 0 Å². The summed E-state index contributed by atoms with van der Waals surface area (Å²) in [6.07, 6.45) is 3.87. The molecule has 1 aliphatic rings. The molecular formula is C24H20N2O3S. The third-order valence-electron chi connectivity index (χ3n) is 5.04. The van der Waals surface area contributed by atoms with Crippen molar-refractivity contribution in [3.8, 4) is 11.6 Å². The van der Waals surface area contributed by atoms with Crippen LogP contribution in [0.2, 0.25) is 0 Å². The maximum atomic E-state index is 10.8. The number of hydrogen-bond donors (Lipinski definition) is 1. The van der Waals surface area contributed by atoms with E-state index in [-0.39, 0.29) is 0 Å². The number of hydrogen-bond acceptors (Lipinski definition) is 6. The summed E-state index contributed by atoms with van der Waals surface area (Å²) in [6.45, 7) is 1.32. The zero-order valence-electron chi connectivity index (χ0n) is 16.2. The summed E-state index contributed by atoms with van der Waals surface area (Å²) in [7, 11) is 0. The smallest absolute Gasteiger partial charge is 0.226 e. The lowest BCUT2D eigenvalue weighted by atomic mass is 10.0. The average molecular weight is 417 g/mol. The number of aliphatic hydroxyl groups excluding tert-OH is 1. The molecule has 3 heterocycles. The van der Waals surface area contributed by atoms with Crippen molar-refractivity contribution in [3.63, 3.8) is 0 Å². The minimum absolute atomic E-state index is 0.574. The second kappa shape index (κ2) is 8.36. The summed E-state index contributed by atoms with van der Waals surface area (Å²) in [5, 5.41) is 11.4. The van der Waals surface area contributed by atoms with Crippen LogP contribution in [-0.2, 0) is 4.74 Å². The minimum Gasteiger partial charge on any atom is -0.438 e. The molecule has 0 saturated heterocycles. The van der Waals surface area contributed by atoms with Gasteiger partial charge in [-0.3, -0.25) is 0 Å². The molecule has 5 nitrogen and oxygen atoms in total. The van der Waals surface area contributed by atoms with Gasteiger partial charge in [0, 0.05) is 11.8 Å². The molecule has 1 atom stereocenters. The molecule has 1 N–H and O–H groups in total. The zero-order valence-corrected chi connectivity index (χ0v) is 17.0. The number of rotatable bonds is 5. The Hall–Kier alpha value is -3.06. The first-order valence-electron chi connectivity index (χ1n) is 9.81. The Balaban J connectivity index is 1.36. The van der Waals surface area contributed by atoms with E-state index in [9.17, 15) is 5.11 Å². The maximum Gasteiger partial charge on any atom is 0.226 e. The van der Waals surface area contributed by atoms with Crippen LogP contribution in [0, 0.1) is 0 Å². The van der Waals surface area contributed by atoms with E-state index in [4.69, 9.17) is 9.47 Å². The van der Waals surface area contributed by atoms with Crippen molar-refractivity contribution in [3.05, 3.63) is 89.1 Å². The van der Waals surface area contributed by atoms with E-state index in [1.54, 1.807) is 6.20 Å². The Kier molecular flexibility index (Phi) is 5.27. The van der Waals surface area contributed by atoms with Gasteiger partial charge in [-0.25, -0.2) is 9.97 Å². The monoisotopic (exact) mass is 416 g/mol. The van der Waals surface area contributed by atoms with Gasteiger partial charge in [0.25, 0.3) is 0 Å². The Morgan fingerprint density at radius 1 is 1.03 bits per heavy atom. The van der Waals surface area contributed by atoms with Crippen molar-refractivity contribution in [1.29, 1.82) is 0 Å². The van der Waals surface area contributed by atoms with E-state index in [0.717, 1.165) is 27.8 Å². The summed E-state index contributed by atoms with van der Waals surface area (Å²) < 4.78 is 12.5. The first-order chi connectivity index (χ1) is 14.8. The summed E-state index contributed by atoms with van der Waals surface area (Å²) in [5.74, 6) is 1.24. The Labute approximate surface area is 178 Å². The minimum atomic E-state index is -0.769. The van der Waals surface area contributed by atoms with E-state index >= 15 is 0 Å². The lowest BCUT2D eigenvalue weighted by molar-refractivity contribution is 0.161. The van der Waals surface area contributed by atoms with Gasteiger partial charge in [0.2, 0.25) is 5.88 Å². The molecule has 1 unspecified atom stereocenters. The van der Waals surface area contributed by atoms with E-state index in [1.807, 2.05) is 60.7 Å². The van der Waals surface area contributed by atoms with Gasteiger partial charge in [0.1, 0.15) is 16.9 Å². The fourth-order valence-electron chi connectivity index (χ4n) is 3.47. The molecule has 0 spiro atoms. The topological polar surface area (TPSA) is 64.5 Å². The van der Waals surface area contributed by atoms with Gasteiger partial charge in [0.15, 0.2) is 0 Å². The Morgan fingerprint density at radius 3 is 2.70 bits per heavy atom. The van der Waals surface area contributed by atoms with Crippen LogP contribution < -0.4 is 4.74 Å². The SMILES string of the molecule is OC(c1ccc(Oc2ncccc2C2=CCOCC2)cc1)c1nc2ccccc2s1. The van der Waals surface area contributed by atoms with Crippen molar-refractivity contribution in [1.82, 2.24) is 9.97 Å². The second-order valence-corrected chi connectivity index (χ2v) is 8.07. The fraction of sp³-hybridized carbons (Fsp3) is 0.167. The molecular weight excluding hydrogens is 396 g/mol. The van der Waals surface area contributed by atoms with Crippen molar-refractivity contribution in [2.24, 2.45) is 0 Å². The van der Waals surface area contributed by atoms with Crippen LogP contribution in [0.15, 0.2) is 72.9 Å². The molecule has 0 bridgehead atoms. The van der Waals surface area contributed by atoms with E-state index in [1.165, 1.54) is 16.9 Å². The van der Waals surface area contributed by atoms with E-state index in [0.29, 0.717) is 29.9 Å². The number of ether oxygens (including phenoxy) is 2. The predicted molar refractivity (Wildman–Crippen MR) is 118 cm³/mol. The lowest BCUT2D eigenvalue weighted by Crippen LogP contribution is -2.05. The molecule has 0 amide bonds. The zero-order chi connectivity index (χ0) is 20.3. The number of para-hydroxylation sites is 1. The quantitative estimate of drug-likeness (QED) is 0.474. The molecule has 0 radical (unpaired) electrons. The second-order valence-electron chi connectivity index (χ2n) is 7.00. The standard InChI is InChI=1S/C24H20N2O3S/c27-22(24-26-20-5-1-2-6-21(20)30-24)17-7-9-18(10-8-17)29-23-19(4-3-13-25-23)16-11-14-28-15-12-16/h1-11,13,22,27H,12,14-15H2. The van der Waals surface area contributed by atoms with Gasteiger partial charge in [-0.2, -0.15) is 0 Å². The van der Waals surface area contributed by atoms with Gasteiger partial charge in [-0.1, -0.05) is 30.3 Å². The summed E-state index contributed by atoms with van der Waals surface area (Å²) in [4.78, 5) is 8.97. The number of aliphatic hydroxyl groups is 1. The van der Waals surface area contributed by atoms with Gasteiger partial charge < -0.3 is 14.6 Å². The molecule has 4 aromatic rings. The lowest BCUT2D eigenvalue weighted by Gasteiger charge is -2.16. The highest BCUT2D eigenvalue weighted by atomic mass is 32.1. The van der Waals surface area contributed by atoms with Crippen molar-refractivity contribution in [2.45, 2.75) is 12.5 Å². The first kappa shape index (κ1) is 18.9. The van der Waals surface area contributed by atoms with E-state index in [2.05, 4.69) is 16.0 Å². The molecule has 2 aromatic heterocycles. The molecule has 0 aliphatic carbocycles. The van der Waals surface area contributed by atoms with Crippen LogP contribution in [0.5, 0.6) is 11.6 Å². The highest BCUT2D eigenvalue weighted by Gasteiger charge is 2.17. The van der Waals surface area contributed by atoms with Gasteiger partial charge in [0.05, 0.1) is 23.4 Å². The molecule has 30 heavy (non-hydrogen) atoms. The van der Waals surface area contributed by atoms with Crippen LogP contribution in [0.1, 0.15) is 28.7 Å². The van der Waals surface area contributed by atoms with E-state index < -0.39 is 6.10 Å². The third kappa shape index (κ3) is 3.85. The summed E-state index contributed by atoms with van der Waals surface area (Å²) in [5.41, 5.74) is 3.85. The number of thiazole rings is 1. The summed E-state index contributed by atoms with van der Waals surface area (Å²) in [6, 6.07) is 19.3.